The predicted molar refractivity (Wildman–Crippen MR) is 78.8 cm³/mol. The molecule has 0 radical (unpaired) electrons. The van der Waals surface area contributed by atoms with E-state index in [4.69, 9.17) is 5.11 Å². The number of carboxylic acid groups (broad SMARTS) is 1. The molecule has 3 heteroatoms. The lowest BCUT2D eigenvalue weighted by atomic mass is 10.1. The smallest absolute Gasteiger partial charge is 0.303 e. The molecule has 0 aromatic carbocycles. The van der Waals surface area contributed by atoms with Gasteiger partial charge in [-0.25, -0.2) is 0 Å². The van der Waals surface area contributed by atoms with Gasteiger partial charge >= 0.3 is 5.97 Å². The Hall–Kier alpha value is -0.570. The molecule has 0 aromatic heterocycles. The predicted octanol–water partition coefficient (Wildman–Crippen LogP) is 4.90. The number of allylic oxidation sites excluding steroid dienone is 4. The first-order valence-corrected chi connectivity index (χ1v) is 7.65. The summed E-state index contributed by atoms with van der Waals surface area (Å²) in [6.45, 7) is 2.17. The second-order valence-electron chi connectivity index (χ2n) is 5.06. The highest BCUT2D eigenvalue weighted by Gasteiger charge is 2.35. The van der Waals surface area contributed by atoms with E-state index in [0.29, 0.717) is 12.3 Å². The topological polar surface area (TPSA) is 37.3 Å². The summed E-state index contributed by atoms with van der Waals surface area (Å²) in [7, 11) is 0. The van der Waals surface area contributed by atoms with Gasteiger partial charge in [0, 0.05) is 6.42 Å². The number of halogens is 1. The standard InChI is InChI=1S/C15H23BrO2/c1-2-6-14(16)8-5-3-4-7-12-11-13(12)9-10-15(17)18/h3,5,8,12-13H,2,4,6-7,9-11H2,1H3,(H,17,18)/b5-3+,14-8-/t12?,13-/m0/s1. The normalized spacial score (nSPS) is 23.6. The Morgan fingerprint density at radius 1 is 1.33 bits per heavy atom. The van der Waals surface area contributed by atoms with Crippen LogP contribution in [0.4, 0.5) is 0 Å². The van der Waals surface area contributed by atoms with Gasteiger partial charge in [0.2, 0.25) is 0 Å². The molecule has 0 bridgehead atoms. The van der Waals surface area contributed by atoms with E-state index in [9.17, 15) is 4.79 Å². The van der Waals surface area contributed by atoms with Crippen molar-refractivity contribution in [2.24, 2.45) is 11.8 Å². The lowest BCUT2D eigenvalue weighted by molar-refractivity contribution is -0.137. The minimum absolute atomic E-state index is 0.337. The molecule has 1 unspecified atom stereocenters. The average molecular weight is 315 g/mol. The van der Waals surface area contributed by atoms with Crippen molar-refractivity contribution in [3.63, 3.8) is 0 Å². The zero-order chi connectivity index (χ0) is 13.4. The van der Waals surface area contributed by atoms with Gasteiger partial charge in [-0.15, -0.1) is 0 Å². The monoisotopic (exact) mass is 314 g/mol. The van der Waals surface area contributed by atoms with Gasteiger partial charge in [0.05, 0.1) is 0 Å². The van der Waals surface area contributed by atoms with Gasteiger partial charge in [-0.05, 0) is 48.4 Å². The van der Waals surface area contributed by atoms with Crippen LogP contribution in [0.1, 0.15) is 51.9 Å². The van der Waals surface area contributed by atoms with E-state index in [2.05, 4.69) is 41.1 Å². The Morgan fingerprint density at radius 2 is 2.06 bits per heavy atom. The van der Waals surface area contributed by atoms with Crippen LogP contribution in [0.25, 0.3) is 0 Å². The fraction of sp³-hybridized carbons (Fsp3) is 0.667. The molecule has 0 amide bonds. The summed E-state index contributed by atoms with van der Waals surface area (Å²) in [5, 5.41) is 8.60. The summed E-state index contributed by atoms with van der Waals surface area (Å²) in [6, 6.07) is 0. The van der Waals surface area contributed by atoms with Crippen LogP contribution in [0.5, 0.6) is 0 Å². The van der Waals surface area contributed by atoms with Gasteiger partial charge in [-0.2, -0.15) is 0 Å². The molecule has 0 aromatic rings. The molecule has 102 valence electrons. The first-order valence-electron chi connectivity index (χ1n) is 6.86. The summed E-state index contributed by atoms with van der Waals surface area (Å²) in [5.41, 5.74) is 0. The number of rotatable bonds is 9. The Labute approximate surface area is 118 Å². The number of hydrogen-bond acceptors (Lipinski definition) is 1. The van der Waals surface area contributed by atoms with Crippen LogP contribution in [-0.4, -0.2) is 11.1 Å². The number of aliphatic carboxylic acids is 1. The molecular weight excluding hydrogens is 292 g/mol. The molecule has 1 N–H and O–H groups in total. The van der Waals surface area contributed by atoms with Gasteiger partial charge in [-0.1, -0.05) is 47.5 Å². The van der Waals surface area contributed by atoms with E-state index in [1.807, 2.05) is 0 Å². The minimum atomic E-state index is -0.661. The summed E-state index contributed by atoms with van der Waals surface area (Å²) in [5.74, 6) is 0.792. The van der Waals surface area contributed by atoms with E-state index in [0.717, 1.165) is 31.6 Å². The van der Waals surface area contributed by atoms with Gasteiger partial charge in [0.25, 0.3) is 0 Å². The van der Waals surface area contributed by atoms with Crippen molar-refractivity contribution in [3.05, 3.63) is 22.7 Å². The van der Waals surface area contributed by atoms with Crippen molar-refractivity contribution in [1.29, 1.82) is 0 Å². The molecule has 0 aliphatic heterocycles. The maximum absolute atomic E-state index is 10.4. The molecule has 2 nitrogen and oxygen atoms in total. The van der Waals surface area contributed by atoms with Crippen molar-refractivity contribution in [2.75, 3.05) is 0 Å². The maximum Gasteiger partial charge on any atom is 0.303 e. The highest BCUT2D eigenvalue weighted by atomic mass is 79.9. The number of hydrogen-bond donors (Lipinski definition) is 1. The zero-order valence-electron chi connectivity index (χ0n) is 11.1. The number of carbonyl (C=O) groups is 1. The van der Waals surface area contributed by atoms with Gasteiger partial charge in [-0.3, -0.25) is 4.79 Å². The molecule has 0 heterocycles. The molecule has 1 aliphatic rings. The first kappa shape index (κ1) is 15.5. The number of carboxylic acids is 1. The fourth-order valence-corrected chi connectivity index (χ4v) is 2.78. The van der Waals surface area contributed by atoms with Crippen LogP contribution in [0.15, 0.2) is 22.7 Å². The molecular formula is C15H23BrO2. The quantitative estimate of drug-likeness (QED) is 0.614. The van der Waals surface area contributed by atoms with Gasteiger partial charge in [0.1, 0.15) is 0 Å². The van der Waals surface area contributed by atoms with Gasteiger partial charge < -0.3 is 5.11 Å². The third kappa shape index (κ3) is 7.00. The molecule has 0 saturated heterocycles. The first-order chi connectivity index (χ1) is 8.63. The van der Waals surface area contributed by atoms with Crippen LogP contribution in [-0.2, 0) is 4.79 Å². The lowest BCUT2D eigenvalue weighted by Crippen LogP contribution is -1.95. The lowest BCUT2D eigenvalue weighted by Gasteiger charge is -1.96. The summed E-state index contributed by atoms with van der Waals surface area (Å²) in [6.07, 6.45) is 13.5. The zero-order valence-corrected chi connectivity index (χ0v) is 12.7. The second-order valence-corrected chi connectivity index (χ2v) is 6.08. The Bertz CT molecular complexity index is 320. The second kappa shape index (κ2) is 8.52. The average Bonchev–Trinajstić information content (AvgIpc) is 3.05. The molecule has 0 spiro atoms. The third-order valence-electron chi connectivity index (χ3n) is 3.40. The molecule has 1 rings (SSSR count). The molecule has 2 atom stereocenters. The van der Waals surface area contributed by atoms with E-state index in [1.54, 1.807) is 0 Å². The maximum atomic E-state index is 10.4. The van der Waals surface area contributed by atoms with Crippen molar-refractivity contribution in [3.8, 4) is 0 Å². The fourth-order valence-electron chi connectivity index (χ4n) is 2.23. The largest absolute Gasteiger partial charge is 0.481 e. The summed E-state index contributed by atoms with van der Waals surface area (Å²) >= 11 is 3.53. The van der Waals surface area contributed by atoms with Crippen LogP contribution < -0.4 is 0 Å². The van der Waals surface area contributed by atoms with E-state index in [-0.39, 0.29) is 0 Å². The molecule has 1 fully saturated rings. The highest BCUT2D eigenvalue weighted by molar-refractivity contribution is 9.11. The van der Waals surface area contributed by atoms with Crippen LogP contribution in [0, 0.1) is 11.8 Å². The third-order valence-corrected chi connectivity index (χ3v) is 4.06. The Balaban J connectivity index is 2.04. The van der Waals surface area contributed by atoms with Crippen molar-refractivity contribution in [1.82, 2.24) is 0 Å². The van der Waals surface area contributed by atoms with Crippen molar-refractivity contribution < 1.29 is 9.90 Å². The van der Waals surface area contributed by atoms with Gasteiger partial charge in [0.15, 0.2) is 0 Å². The summed E-state index contributed by atoms with van der Waals surface area (Å²) < 4.78 is 1.26. The van der Waals surface area contributed by atoms with Crippen molar-refractivity contribution in [2.45, 2.75) is 51.9 Å². The molecule has 1 aliphatic carbocycles. The van der Waals surface area contributed by atoms with Crippen LogP contribution >= 0.6 is 15.9 Å². The SMILES string of the molecule is CCC/C(Br)=C/C=C/CCC1C[C@@H]1CCC(=O)O. The van der Waals surface area contributed by atoms with Crippen LogP contribution in [0.3, 0.4) is 0 Å². The highest BCUT2D eigenvalue weighted by Crippen LogP contribution is 2.45. The van der Waals surface area contributed by atoms with E-state index < -0.39 is 5.97 Å². The molecule has 1 saturated carbocycles. The Kier molecular flexibility index (Phi) is 7.33. The summed E-state index contributed by atoms with van der Waals surface area (Å²) in [4.78, 5) is 10.4. The Morgan fingerprint density at radius 3 is 2.72 bits per heavy atom. The van der Waals surface area contributed by atoms with E-state index >= 15 is 0 Å². The van der Waals surface area contributed by atoms with Crippen LogP contribution in [0.2, 0.25) is 0 Å². The van der Waals surface area contributed by atoms with E-state index in [1.165, 1.54) is 17.3 Å². The van der Waals surface area contributed by atoms with Crippen molar-refractivity contribution >= 4 is 21.9 Å². The minimum Gasteiger partial charge on any atom is -0.481 e. The molecule has 18 heavy (non-hydrogen) atoms.